The molecular weight excluding hydrogens is 781 g/mol. The quantitative estimate of drug-likeness (QED) is 0.161. The average molecular weight is 819 g/mol. The minimum absolute atomic E-state index is 0.652. The molecule has 4 aromatic heterocycles. The van der Waals surface area contributed by atoms with E-state index in [-0.39, 0.29) is 0 Å². The van der Waals surface area contributed by atoms with Crippen molar-refractivity contribution in [1.82, 2.24) is 19.1 Å². The third-order valence-corrected chi connectivity index (χ3v) is 12.8. The standard InChI is InChI=1S/C59H38N4O/c1-4-18-39(19-5-1)48-35-42(55-58-56(47-27-13-17-31-54(47)64-58)61-59(60-55)41-22-8-3-9-23-41)36-49(40-20-6-2-7-21-40)57(48)63-52-30-16-12-26-45(52)46-33-32-38(34-53(46)63)37-62-50-28-14-10-24-43(50)44-25-11-15-29-51(44)62/h1-36H,37H2. The van der Waals surface area contributed by atoms with Gasteiger partial charge in [-0.15, -0.1) is 0 Å². The summed E-state index contributed by atoms with van der Waals surface area (Å²) in [5.74, 6) is 0.652. The Labute approximate surface area is 368 Å². The molecule has 4 heterocycles. The normalized spacial score (nSPS) is 11.8. The molecule has 0 spiro atoms. The summed E-state index contributed by atoms with van der Waals surface area (Å²) in [5.41, 5.74) is 16.3. The third kappa shape index (κ3) is 5.71. The van der Waals surface area contributed by atoms with Crippen molar-refractivity contribution in [2.75, 3.05) is 0 Å². The van der Waals surface area contributed by atoms with E-state index in [0.29, 0.717) is 11.4 Å². The zero-order chi connectivity index (χ0) is 42.1. The molecule has 0 N–H and O–H groups in total. The fourth-order valence-corrected chi connectivity index (χ4v) is 9.90. The molecule has 13 aromatic rings. The summed E-state index contributed by atoms with van der Waals surface area (Å²) in [6.07, 6.45) is 0. The van der Waals surface area contributed by atoms with Crippen molar-refractivity contribution in [2.24, 2.45) is 0 Å². The van der Waals surface area contributed by atoms with Gasteiger partial charge in [0.1, 0.15) is 16.8 Å². The van der Waals surface area contributed by atoms with Crippen molar-refractivity contribution in [1.29, 1.82) is 0 Å². The van der Waals surface area contributed by atoms with Gasteiger partial charge in [-0.2, -0.15) is 0 Å². The smallest absolute Gasteiger partial charge is 0.180 e. The fraction of sp³-hybridized carbons (Fsp3) is 0.0169. The van der Waals surface area contributed by atoms with Crippen LogP contribution in [0.15, 0.2) is 223 Å². The van der Waals surface area contributed by atoms with Gasteiger partial charge < -0.3 is 13.6 Å². The van der Waals surface area contributed by atoms with E-state index in [1.165, 1.54) is 38.1 Å². The highest BCUT2D eigenvalue weighted by molar-refractivity contribution is 6.12. The summed E-state index contributed by atoms with van der Waals surface area (Å²) in [4.78, 5) is 10.5. The second kappa shape index (κ2) is 14.5. The molecule has 0 aliphatic rings. The Bertz CT molecular complexity index is 3800. The van der Waals surface area contributed by atoms with Crippen LogP contribution in [0.2, 0.25) is 0 Å². The van der Waals surface area contributed by atoms with E-state index in [1.54, 1.807) is 0 Å². The van der Waals surface area contributed by atoms with E-state index in [0.717, 1.165) is 78.8 Å². The number of fused-ring (bicyclic) bond motifs is 9. The van der Waals surface area contributed by atoms with E-state index < -0.39 is 0 Å². The van der Waals surface area contributed by atoms with Gasteiger partial charge in [0.15, 0.2) is 11.4 Å². The first kappa shape index (κ1) is 36.1. The predicted molar refractivity (Wildman–Crippen MR) is 264 cm³/mol. The van der Waals surface area contributed by atoms with Crippen molar-refractivity contribution >= 4 is 65.7 Å². The number of aromatic nitrogens is 4. The summed E-state index contributed by atoms with van der Waals surface area (Å²) >= 11 is 0. The summed E-state index contributed by atoms with van der Waals surface area (Å²) < 4.78 is 11.7. The fourth-order valence-electron chi connectivity index (χ4n) is 9.90. The molecule has 0 radical (unpaired) electrons. The highest BCUT2D eigenvalue weighted by atomic mass is 16.3. The number of hydrogen-bond donors (Lipinski definition) is 0. The highest BCUT2D eigenvalue weighted by Gasteiger charge is 2.25. The highest BCUT2D eigenvalue weighted by Crippen LogP contribution is 2.45. The Morgan fingerprint density at radius 2 is 0.891 bits per heavy atom. The summed E-state index contributed by atoms with van der Waals surface area (Å²) in [7, 11) is 0. The van der Waals surface area contributed by atoms with Gasteiger partial charge in [-0.3, -0.25) is 0 Å². The van der Waals surface area contributed by atoms with Crippen LogP contribution in [-0.4, -0.2) is 19.1 Å². The zero-order valence-corrected chi connectivity index (χ0v) is 34.7. The first-order valence-corrected chi connectivity index (χ1v) is 21.8. The SMILES string of the molecule is c1ccc(-c2nc(-c3cc(-c4ccccc4)c(-n4c5ccccc5c5ccc(Cn6c7ccccc7c7ccccc76)cc54)c(-c4ccccc4)c3)c3oc4ccccc4c3n2)cc1. The summed E-state index contributed by atoms with van der Waals surface area (Å²) in [6, 6.07) is 77.8. The molecule has 64 heavy (non-hydrogen) atoms. The number of furan rings is 1. The topological polar surface area (TPSA) is 48.8 Å². The van der Waals surface area contributed by atoms with Crippen LogP contribution in [0.5, 0.6) is 0 Å². The third-order valence-electron chi connectivity index (χ3n) is 12.8. The van der Waals surface area contributed by atoms with Crippen LogP contribution in [0.25, 0.3) is 116 Å². The first-order chi connectivity index (χ1) is 31.7. The summed E-state index contributed by atoms with van der Waals surface area (Å²) in [5, 5.41) is 5.91. The number of nitrogens with zero attached hydrogens (tertiary/aromatic N) is 4. The Morgan fingerprint density at radius 3 is 1.52 bits per heavy atom. The lowest BCUT2D eigenvalue weighted by molar-refractivity contribution is 0.667. The largest absolute Gasteiger partial charge is 0.452 e. The van der Waals surface area contributed by atoms with Gasteiger partial charge in [-0.1, -0.05) is 170 Å². The molecule has 5 nitrogen and oxygen atoms in total. The Kier molecular flexibility index (Phi) is 8.21. The van der Waals surface area contributed by atoms with Crippen LogP contribution < -0.4 is 0 Å². The van der Waals surface area contributed by atoms with Gasteiger partial charge in [-0.25, -0.2) is 9.97 Å². The van der Waals surface area contributed by atoms with Crippen LogP contribution in [0.1, 0.15) is 5.56 Å². The van der Waals surface area contributed by atoms with Crippen LogP contribution >= 0.6 is 0 Å². The Morgan fingerprint density at radius 1 is 0.391 bits per heavy atom. The molecule has 0 aliphatic heterocycles. The molecule has 13 rings (SSSR count). The van der Waals surface area contributed by atoms with Crippen molar-refractivity contribution in [3.63, 3.8) is 0 Å². The first-order valence-electron chi connectivity index (χ1n) is 21.8. The molecule has 0 amide bonds. The molecule has 300 valence electrons. The minimum Gasteiger partial charge on any atom is -0.452 e. The number of hydrogen-bond acceptors (Lipinski definition) is 3. The van der Waals surface area contributed by atoms with Gasteiger partial charge >= 0.3 is 0 Å². The monoisotopic (exact) mass is 818 g/mol. The molecule has 0 saturated heterocycles. The molecular formula is C59H38N4O. The van der Waals surface area contributed by atoms with Crippen LogP contribution in [-0.2, 0) is 6.54 Å². The molecule has 0 atom stereocenters. The van der Waals surface area contributed by atoms with E-state index >= 15 is 0 Å². The van der Waals surface area contributed by atoms with Gasteiger partial charge in [0.25, 0.3) is 0 Å². The number of benzene rings is 9. The Balaban J connectivity index is 1.12. The van der Waals surface area contributed by atoms with Gasteiger partial charge in [-0.05, 0) is 65.2 Å². The van der Waals surface area contributed by atoms with E-state index in [2.05, 4.69) is 191 Å². The maximum atomic E-state index is 6.72. The predicted octanol–water partition coefficient (Wildman–Crippen LogP) is 15.3. The molecule has 0 aliphatic carbocycles. The lowest BCUT2D eigenvalue weighted by Gasteiger charge is -2.21. The molecule has 0 fully saturated rings. The second-order valence-electron chi connectivity index (χ2n) is 16.5. The van der Waals surface area contributed by atoms with Crippen molar-refractivity contribution in [3.8, 4) is 50.6 Å². The van der Waals surface area contributed by atoms with Crippen molar-refractivity contribution in [3.05, 3.63) is 224 Å². The van der Waals surface area contributed by atoms with E-state index in [9.17, 15) is 0 Å². The second-order valence-corrected chi connectivity index (χ2v) is 16.5. The van der Waals surface area contributed by atoms with Crippen LogP contribution in [0.3, 0.4) is 0 Å². The molecule has 9 aromatic carbocycles. The van der Waals surface area contributed by atoms with E-state index in [4.69, 9.17) is 14.4 Å². The minimum atomic E-state index is 0.652. The molecule has 0 saturated carbocycles. The lowest BCUT2D eigenvalue weighted by atomic mass is 9.91. The van der Waals surface area contributed by atoms with Crippen molar-refractivity contribution in [2.45, 2.75) is 6.54 Å². The Hall–Kier alpha value is -8.54. The summed E-state index contributed by atoms with van der Waals surface area (Å²) in [6.45, 7) is 0.729. The van der Waals surface area contributed by atoms with E-state index in [1.807, 2.05) is 36.4 Å². The number of rotatable bonds is 7. The zero-order valence-electron chi connectivity index (χ0n) is 34.7. The molecule has 5 heteroatoms. The average Bonchev–Trinajstić information content (AvgIpc) is 4.02. The molecule has 0 unspecified atom stereocenters. The van der Waals surface area contributed by atoms with Gasteiger partial charge in [0.05, 0.1) is 16.7 Å². The van der Waals surface area contributed by atoms with Gasteiger partial charge in [0.2, 0.25) is 0 Å². The lowest BCUT2D eigenvalue weighted by Crippen LogP contribution is -2.03. The molecule has 0 bridgehead atoms. The number of para-hydroxylation sites is 4. The van der Waals surface area contributed by atoms with Crippen LogP contribution in [0, 0.1) is 0 Å². The van der Waals surface area contributed by atoms with Crippen molar-refractivity contribution < 1.29 is 4.42 Å². The maximum absolute atomic E-state index is 6.72. The maximum Gasteiger partial charge on any atom is 0.180 e. The van der Waals surface area contributed by atoms with Crippen LogP contribution in [0.4, 0.5) is 0 Å². The van der Waals surface area contributed by atoms with Gasteiger partial charge in [0, 0.05) is 66.8 Å².